The lowest BCUT2D eigenvalue weighted by Crippen LogP contribution is -2.43. The van der Waals surface area contributed by atoms with Crippen LogP contribution in [0.2, 0.25) is 5.02 Å². The zero-order chi connectivity index (χ0) is 18.2. The van der Waals surface area contributed by atoms with Gasteiger partial charge in [0.15, 0.2) is 0 Å². The molecule has 4 nitrogen and oxygen atoms in total. The van der Waals surface area contributed by atoms with Gasteiger partial charge in [-0.15, -0.1) is 0 Å². The topological polar surface area (TPSA) is 55.7 Å². The number of halogens is 1. The fraction of sp³-hybridized carbons (Fsp3) is 0.263. The van der Waals surface area contributed by atoms with E-state index in [2.05, 4.69) is 38.2 Å². The predicted molar refractivity (Wildman–Crippen MR) is 104 cm³/mol. The Hall–Kier alpha value is -1.95. The highest BCUT2D eigenvalue weighted by Gasteiger charge is 2.32. The van der Waals surface area contributed by atoms with E-state index in [-0.39, 0.29) is 5.41 Å². The molecule has 2 aromatic rings. The van der Waals surface area contributed by atoms with Crippen LogP contribution >= 0.6 is 11.6 Å². The van der Waals surface area contributed by atoms with E-state index in [1.807, 2.05) is 30.3 Å². The summed E-state index contributed by atoms with van der Waals surface area (Å²) in [4.78, 5) is 1.42. The number of hydrogen-bond donors (Lipinski definition) is 3. The van der Waals surface area contributed by atoms with Gasteiger partial charge >= 0.3 is 7.25 Å². The van der Waals surface area contributed by atoms with Crippen LogP contribution in [0.15, 0.2) is 48.7 Å². The smallest absolute Gasteiger partial charge is 0.408 e. The van der Waals surface area contributed by atoms with Gasteiger partial charge in [0.05, 0.1) is 0 Å². The van der Waals surface area contributed by atoms with Crippen molar-refractivity contribution >= 4 is 30.6 Å². The fourth-order valence-corrected chi connectivity index (χ4v) is 3.26. The zero-order valence-electron chi connectivity index (χ0n) is 14.6. The summed E-state index contributed by atoms with van der Waals surface area (Å²) >= 11 is 6.39. The summed E-state index contributed by atoms with van der Waals surface area (Å²) in [5.41, 5.74) is 3.96. The number of nitrogens with one attached hydrogen (secondary N) is 1. The molecule has 1 aliphatic heterocycles. The van der Waals surface area contributed by atoms with E-state index < -0.39 is 13.4 Å². The SMILES string of the molecule is CC(C)(C)c1ccc(N[C@@H]2c3c(Cl)cccc3C=CN2B(O)O)cc1. The van der Waals surface area contributed by atoms with E-state index in [9.17, 15) is 10.0 Å². The van der Waals surface area contributed by atoms with E-state index in [4.69, 9.17) is 11.6 Å². The molecule has 0 saturated carbocycles. The van der Waals surface area contributed by atoms with E-state index in [1.165, 1.54) is 10.4 Å². The number of hydrogen-bond acceptors (Lipinski definition) is 4. The van der Waals surface area contributed by atoms with E-state index in [1.54, 1.807) is 12.3 Å². The molecule has 3 N–H and O–H groups in total. The highest BCUT2D eigenvalue weighted by molar-refractivity contribution is 6.38. The van der Waals surface area contributed by atoms with Gasteiger partial charge in [-0.3, -0.25) is 0 Å². The molecule has 0 amide bonds. The fourth-order valence-electron chi connectivity index (χ4n) is 2.97. The lowest BCUT2D eigenvalue weighted by Gasteiger charge is -2.36. The largest absolute Gasteiger partial charge is 0.589 e. The molecule has 0 aliphatic carbocycles. The zero-order valence-corrected chi connectivity index (χ0v) is 15.3. The van der Waals surface area contributed by atoms with Crippen molar-refractivity contribution in [3.8, 4) is 0 Å². The number of fused-ring (bicyclic) bond motifs is 1. The van der Waals surface area contributed by atoms with E-state index >= 15 is 0 Å². The van der Waals surface area contributed by atoms with Gasteiger partial charge in [-0.25, -0.2) is 0 Å². The van der Waals surface area contributed by atoms with Crippen LogP contribution in [-0.4, -0.2) is 22.1 Å². The molecule has 0 fully saturated rings. The highest BCUT2D eigenvalue weighted by atomic mass is 35.5. The summed E-state index contributed by atoms with van der Waals surface area (Å²) in [5.74, 6) is 0. The van der Waals surface area contributed by atoms with Gasteiger partial charge < -0.3 is 20.2 Å². The van der Waals surface area contributed by atoms with Crippen LogP contribution in [0.4, 0.5) is 5.69 Å². The minimum atomic E-state index is -1.63. The van der Waals surface area contributed by atoms with Gasteiger partial charge in [0.1, 0.15) is 6.17 Å². The molecule has 2 aromatic carbocycles. The minimum absolute atomic E-state index is 0.0787. The quantitative estimate of drug-likeness (QED) is 0.728. The van der Waals surface area contributed by atoms with Crippen molar-refractivity contribution in [2.75, 3.05) is 5.32 Å². The molecule has 1 aliphatic rings. The normalized spacial score (nSPS) is 16.6. The average Bonchev–Trinajstić information content (AvgIpc) is 2.54. The number of rotatable bonds is 3. The molecule has 0 saturated heterocycles. The minimum Gasteiger partial charge on any atom is -0.408 e. The number of nitrogens with zero attached hydrogens (tertiary/aromatic N) is 1. The van der Waals surface area contributed by atoms with Gasteiger partial charge in [0.25, 0.3) is 0 Å². The van der Waals surface area contributed by atoms with Crippen molar-refractivity contribution < 1.29 is 10.0 Å². The Balaban J connectivity index is 1.95. The van der Waals surface area contributed by atoms with Crippen molar-refractivity contribution in [1.29, 1.82) is 0 Å². The first-order valence-electron chi connectivity index (χ1n) is 8.24. The second-order valence-corrected chi connectivity index (χ2v) is 7.63. The van der Waals surface area contributed by atoms with Crippen LogP contribution in [0, 0.1) is 0 Å². The number of anilines is 1. The maximum Gasteiger partial charge on any atom is 0.589 e. The summed E-state index contributed by atoms with van der Waals surface area (Å²) in [6.45, 7) is 6.50. The molecule has 0 unspecified atom stereocenters. The standard InChI is InChI=1S/C19H22BClN2O2/c1-19(2,3)14-7-9-15(10-8-14)22-18-17-13(5-4-6-16(17)21)11-12-23(18)20(24)25/h4-12,18,22,24-25H,1-3H3/t18-/m0/s1. The summed E-state index contributed by atoms with van der Waals surface area (Å²) in [6, 6.07) is 13.8. The Morgan fingerprint density at radius 1 is 1.08 bits per heavy atom. The lowest BCUT2D eigenvalue weighted by molar-refractivity contribution is 0.285. The Kier molecular flexibility index (Phi) is 4.82. The molecular formula is C19H22BClN2O2. The third-order valence-corrected chi connectivity index (χ3v) is 4.74. The third kappa shape index (κ3) is 3.69. The van der Waals surface area contributed by atoms with Gasteiger partial charge in [0, 0.05) is 16.3 Å². The van der Waals surface area contributed by atoms with Gasteiger partial charge in [-0.2, -0.15) is 0 Å². The maximum absolute atomic E-state index is 9.74. The number of benzene rings is 2. The van der Waals surface area contributed by atoms with Gasteiger partial charge in [0.2, 0.25) is 0 Å². The van der Waals surface area contributed by atoms with Crippen molar-refractivity contribution in [1.82, 2.24) is 4.81 Å². The first-order valence-corrected chi connectivity index (χ1v) is 8.62. The maximum atomic E-state index is 9.74. The molecule has 130 valence electrons. The van der Waals surface area contributed by atoms with Crippen molar-refractivity contribution in [3.63, 3.8) is 0 Å². The van der Waals surface area contributed by atoms with E-state index in [0.717, 1.165) is 16.8 Å². The Bertz CT molecular complexity index is 785. The van der Waals surface area contributed by atoms with Crippen LogP contribution in [0.25, 0.3) is 6.08 Å². The summed E-state index contributed by atoms with van der Waals surface area (Å²) in [7, 11) is -1.63. The predicted octanol–water partition coefficient (Wildman–Crippen LogP) is 4.00. The van der Waals surface area contributed by atoms with Gasteiger partial charge in [-0.05, 0) is 47.0 Å². The Morgan fingerprint density at radius 3 is 2.36 bits per heavy atom. The van der Waals surface area contributed by atoms with Crippen LogP contribution in [0.3, 0.4) is 0 Å². The molecule has 0 spiro atoms. The molecule has 3 rings (SSSR count). The third-order valence-electron chi connectivity index (χ3n) is 4.41. The first-order chi connectivity index (χ1) is 11.8. The van der Waals surface area contributed by atoms with Crippen molar-refractivity contribution in [2.45, 2.75) is 32.4 Å². The molecule has 0 radical (unpaired) electrons. The molecular weight excluding hydrogens is 334 g/mol. The van der Waals surface area contributed by atoms with Crippen molar-refractivity contribution in [3.05, 3.63) is 70.4 Å². The first kappa shape index (κ1) is 17.9. The highest BCUT2D eigenvalue weighted by Crippen LogP contribution is 2.36. The molecule has 1 heterocycles. The second-order valence-electron chi connectivity index (χ2n) is 7.23. The Labute approximate surface area is 153 Å². The molecule has 0 aromatic heterocycles. The summed E-state index contributed by atoms with van der Waals surface area (Å²) < 4.78 is 0. The Morgan fingerprint density at radius 2 is 1.76 bits per heavy atom. The van der Waals surface area contributed by atoms with E-state index in [0.29, 0.717) is 5.02 Å². The monoisotopic (exact) mass is 356 g/mol. The van der Waals surface area contributed by atoms with Crippen LogP contribution in [0.5, 0.6) is 0 Å². The molecule has 0 bridgehead atoms. The van der Waals surface area contributed by atoms with Crippen LogP contribution in [0.1, 0.15) is 43.6 Å². The molecule has 25 heavy (non-hydrogen) atoms. The van der Waals surface area contributed by atoms with Crippen LogP contribution in [-0.2, 0) is 5.41 Å². The summed E-state index contributed by atoms with van der Waals surface area (Å²) in [5, 5.41) is 23.4. The average molecular weight is 357 g/mol. The molecule has 6 heteroatoms. The van der Waals surface area contributed by atoms with Crippen LogP contribution < -0.4 is 5.32 Å². The van der Waals surface area contributed by atoms with Gasteiger partial charge in [-0.1, -0.05) is 56.6 Å². The summed E-state index contributed by atoms with van der Waals surface area (Å²) in [6.07, 6.45) is 3.00. The lowest BCUT2D eigenvalue weighted by atomic mass is 9.87. The second kappa shape index (κ2) is 6.75. The molecule has 1 atom stereocenters. The van der Waals surface area contributed by atoms with Crippen molar-refractivity contribution in [2.24, 2.45) is 0 Å².